The maximum absolute atomic E-state index is 14.8. The summed E-state index contributed by atoms with van der Waals surface area (Å²) >= 11 is 0. The highest BCUT2D eigenvalue weighted by atomic mass is 19.1. The van der Waals surface area contributed by atoms with Gasteiger partial charge in [-0.25, -0.2) is 13.8 Å². The van der Waals surface area contributed by atoms with Gasteiger partial charge in [-0.1, -0.05) is 0 Å². The van der Waals surface area contributed by atoms with Crippen molar-refractivity contribution in [1.82, 2.24) is 9.97 Å². The van der Waals surface area contributed by atoms with Crippen LogP contribution in [-0.4, -0.2) is 40.2 Å². The van der Waals surface area contributed by atoms with E-state index in [0.717, 1.165) is 0 Å². The molecular formula is C21H25F2N3O3. The number of benzene rings is 1. The van der Waals surface area contributed by atoms with E-state index in [2.05, 4.69) is 9.97 Å². The minimum absolute atomic E-state index is 0.0363. The number of anilines is 1. The molecule has 0 unspecified atom stereocenters. The van der Waals surface area contributed by atoms with Crippen LogP contribution >= 0.6 is 0 Å². The maximum Gasteiger partial charge on any atom is 0.303 e. The normalized spacial score (nSPS) is 15.0. The van der Waals surface area contributed by atoms with E-state index in [1.165, 1.54) is 12.1 Å². The third-order valence-corrected chi connectivity index (χ3v) is 4.86. The smallest absolute Gasteiger partial charge is 0.303 e. The van der Waals surface area contributed by atoms with Crippen molar-refractivity contribution < 1.29 is 23.4 Å². The molecule has 6 nitrogen and oxygen atoms in total. The zero-order valence-electron chi connectivity index (χ0n) is 16.8. The summed E-state index contributed by atoms with van der Waals surface area (Å²) in [4.78, 5) is 21.0. The number of carbonyl (C=O) groups is 1. The molecule has 0 amide bonds. The first kappa shape index (κ1) is 21.0. The number of aromatic nitrogens is 2. The lowest BCUT2D eigenvalue weighted by molar-refractivity contribution is -0.138. The Bertz CT molecular complexity index is 874. The van der Waals surface area contributed by atoms with E-state index in [4.69, 9.17) is 9.84 Å². The van der Waals surface area contributed by atoms with E-state index in [0.29, 0.717) is 37.5 Å². The van der Waals surface area contributed by atoms with E-state index in [1.54, 1.807) is 17.9 Å². The second-order valence-corrected chi connectivity index (χ2v) is 7.65. The van der Waals surface area contributed by atoms with Gasteiger partial charge in [-0.05, 0) is 51.7 Å². The largest absolute Gasteiger partial charge is 0.481 e. The highest BCUT2D eigenvalue weighted by Crippen LogP contribution is 2.32. The van der Waals surface area contributed by atoms with Crippen LogP contribution in [0.2, 0.25) is 0 Å². The lowest BCUT2D eigenvalue weighted by Crippen LogP contribution is -2.35. The average Bonchev–Trinajstić information content (AvgIpc) is 2.61. The van der Waals surface area contributed by atoms with Gasteiger partial charge in [-0.2, -0.15) is 4.98 Å². The van der Waals surface area contributed by atoms with Crippen LogP contribution in [0.15, 0.2) is 18.2 Å². The van der Waals surface area contributed by atoms with Crippen LogP contribution < -0.4 is 9.64 Å². The van der Waals surface area contributed by atoms with Gasteiger partial charge in [0.05, 0.1) is 6.10 Å². The van der Waals surface area contributed by atoms with Crippen molar-refractivity contribution in [3.8, 4) is 17.3 Å². The monoisotopic (exact) mass is 405 g/mol. The van der Waals surface area contributed by atoms with Gasteiger partial charge in [0.2, 0.25) is 5.88 Å². The summed E-state index contributed by atoms with van der Waals surface area (Å²) in [5.74, 6) is -1.63. The van der Waals surface area contributed by atoms with Gasteiger partial charge in [0.25, 0.3) is 0 Å². The van der Waals surface area contributed by atoms with Gasteiger partial charge < -0.3 is 14.7 Å². The van der Waals surface area contributed by atoms with Gasteiger partial charge in [-0.3, -0.25) is 4.79 Å². The SMILES string of the molecule is Cc1cc(OC(C)C)nc(-c2cc(F)c(N3CCC(CC(=O)O)CC3)c(F)c2)n1. The zero-order chi connectivity index (χ0) is 21.1. The van der Waals surface area contributed by atoms with Gasteiger partial charge in [0, 0.05) is 36.8 Å². The maximum atomic E-state index is 14.8. The van der Waals surface area contributed by atoms with E-state index in [-0.39, 0.29) is 35.5 Å². The topological polar surface area (TPSA) is 75.5 Å². The Balaban J connectivity index is 1.83. The van der Waals surface area contributed by atoms with Crippen LogP contribution in [0.3, 0.4) is 0 Å². The highest BCUT2D eigenvalue weighted by Gasteiger charge is 2.26. The third-order valence-electron chi connectivity index (χ3n) is 4.86. The summed E-state index contributed by atoms with van der Waals surface area (Å²) in [5, 5.41) is 8.91. The lowest BCUT2D eigenvalue weighted by Gasteiger charge is -2.33. The van der Waals surface area contributed by atoms with Gasteiger partial charge in [0.15, 0.2) is 5.82 Å². The van der Waals surface area contributed by atoms with Gasteiger partial charge >= 0.3 is 5.97 Å². The Morgan fingerprint density at radius 3 is 2.38 bits per heavy atom. The number of carboxylic acid groups (broad SMARTS) is 1. The Hall–Kier alpha value is -2.77. The number of rotatable bonds is 6. The molecule has 0 bridgehead atoms. The number of aryl methyl sites for hydroxylation is 1. The fourth-order valence-corrected chi connectivity index (χ4v) is 3.57. The van der Waals surface area contributed by atoms with Crippen molar-refractivity contribution in [2.75, 3.05) is 18.0 Å². The summed E-state index contributed by atoms with van der Waals surface area (Å²) < 4.78 is 35.3. The highest BCUT2D eigenvalue weighted by molar-refractivity contribution is 5.67. The Morgan fingerprint density at radius 1 is 1.21 bits per heavy atom. The van der Waals surface area contributed by atoms with Crippen LogP contribution in [0.1, 0.15) is 38.8 Å². The predicted molar refractivity (Wildman–Crippen MR) is 105 cm³/mol. The molecule has 0 aliphatic carbocycles. The Kier molecular flexibility index (Phi) is 6.30. The summed E-state index contributed by atoms with van der Waals surface area (Å²) in [7, 11) is 0. The van der Waals surface area contributed by atoms with E-state index < -0.39 is 17.6 Å². The van der Waals surface area contributed by atoms with Gasteiger partial charge in [0.1, 0.15) is 17.3 Å². The van der Waals surface area contributed by atoms with Crippen molar-refractivity contribution in [3.63, 3.8) is 0 Å². The number of ether oxygens (including phenoxy) is 1. The molecule has 156 valence electrons. The molecule has 0 radical (unpaired) electrons. The molecule has 1 fully saturated rings. The molecule has 3 rings (SSSR count). The fourth-order valence-electron chi connectivity index (χ4n) is 3.57. The van der Waals surface area contributed by atoms with Gasteiger partial charge in [-0.15, -0.1) is 0 Å². The molecule has 2 heterocycles. The second-order valence-electron chi connectivity index (χ2n) is 7.65. The summed E-state index contributed by atoms with van der Waals surface area (Å²) in [6.45, 7) is 6.33. The molecular weight excluding hydrogens is 380 g/mol. The number of hydrogen-bond donors (Lipinski definition) is 1. The van der Waals surface area contributed by atoms with Crippen molar-refractivity contribution >= 4 is 11.7 Å². The standard InChI is InChI=1S/C21H25F2N3O3/c1-12(2)29-18-8-13(3)24-21(25-18)15-10-16(22)20(17(23)11-15)26-6-4-14(5-7-26)9-19(27)28/h8,10-12,14H,4-7,9H2,1-3H3,(H,27,28). The van der Waals surface area contributed by atoms with Crippen LogP contribution in [0.4, 0.5) is 14.5 Å². The first-order chi connectivity index (χ1) is 13.7. The van der Waals surface area contributed by atoms with E-state index >= 15 is 0 Å². The minimum atomic E-state index is -0.843. The number of carboxylic acids is 1. The van der Waals surface area contributed by atoms with E-state index in [1.807, 2.05) is 13.8 Å². The molecule has 1 aliphatic heterocycles. The first-order valence-electron chi connectivity index (χ1n) is 9.71. The number of piperidine rings is 1. The molecule has 1 saturated heterocycles. The first-order valence-corrected chi connectivity index (χ1v) is 9.71. The van der Waals surface area contributed by atoms with Crippen molar-refractivity contribution in [2.45, 2.75) is 46.1 Å². The van der Waals surface area contributed by atoms with Crippen LogP contribution in [0, 0.1) is 24.5 Å². The molecule has 0 saturated carbocycles. The zero-order valence-corrected chi connectivity index (χ0v) is 16.8. The lowest BCUT2D eigenvalue weighted by atomic mass is 9.93. The van der Waals surface area contributed by atoms with Crippen molar-refractivity contribution in [3.05, 3.63) is 35.5 Å². The van der Waals surface area contributed by atoms with Crippen molar-refractivity contribution in [1.29, 1.82) is 0 Å². The molecule has 29 heavy (non-hydrogen) atoms. The summed E-state index contributed by atoms with van der Waals surface area (Å²) in [6, 6.07) is 4.14. The molecule has 0 atom stereocenters. The number of halogens is 2. The fraction of sp³-hybridized carbons (Fsp3) is 0.476. The minimum Gasteiger partial charge on any atom is -0.481 e. The molecule has 1 N–H and O–H groups in total. The summed E-state index contributed by atoms with van der Waals surface area (Å²) in [6.07, 6.45) is 1.17. The second kappa shape index (κ2) is 8.71. The quantitative estimate of drug-likeness (QED) is 0.776. The van der Waals surface area contributed by atoms with E-state index in [9.17, 15) is 13.6 Å². The predicted octanol–water partition coefficient (Wildman–Crippen LogP) is 4.21. The van der Waals surface area contributed by atoms with Crippen LogP contribution in [-0.2, 0) is 4.79 Å². The third kappa shape index (κ3) is 5.19. The molecule has 8 heteroatoms. The van der Waals surface area contributed by atoms with Crippen LogP contribution in [0.5, 0.6) is 5.88 Å². The number of aliphatic carboxylic acids is 1. The number of hydrogen-bond acceptors (Lipinski definition) is 5. The summed E-state index contributed by atoms with van der Waals surface area (Å²) in [5.41, 5.74) is 0.784. The molecule has 1 aromatic carbocycles. The average molecular weight is 405 g/mol. The number of nitrogens with zero attached hydrogens (tertiary/aromatic N) is 3. The molecule has 1 aromatic heterocycles. The van der Waals surface area contributed by atoms with Crippen LogP contribution in [0.25, 0.3) is 11.4 Å². The molecule has 0 spiro atoms. The molecule has 1 aliphatic rings. The Morgan fingerprint density at radius 2 is 1.83 bits per heavy atom. The Labute approximate surface area is 168 Å². The van der Waals surface area contributed by atoms with Crippen molar-refractivity contribution in [2.24, 2.45) is 5.92 Å². The molecule has 2 aromatic rings.